The summed E-state index contributed by atoms with van der Waals surface area (Å²) in [5.41, 5.74) is 0.207. The van der Waals surface area contributed by atoms with E-state index in [4.69, 9.17) is 0 Å². The van der Waals surface area contributed by atoms with E-state index in [0.717, 1.165) is 6.07 Å². The smallest absolute Gasteiger partial charge is 0.389 e. The van der Waals surface area contributed by atoms with Crippen LogP contribution in [0.25, 0.3) is 0 Å². The van der Waals surface area contributed by atoms with Crippen LogP contribution >= 0.6 is 12.4 Å². The van der Waals surface area contributed by atoms with Gasteiger partial charge in [-0.25, -0.2) is 4.39 Å². The summed E-state index contributed by atoms with van der Waals surface area (Å²) < 4.78 is 51.5. The minimum absolute atomic E-state index is 0. The van der Waals surface area contributed by atoms with Crippen molar-refractivity contribution in [3.63, 3.8) is 0 Å². The number of phenols is 1. The van der Waals surface area contributed by atoms with Gasteiger partial charge < -0.3 is 10.4 Å². The molecule has 1 aliphatic heterocycles. The minimum Gasteiger partial charge on any atom is -0.508 e. The second kappa shape index (κ2) is 7.99. The van der Waals surface area contributed by atoms with Crippen LogP contribution in [0, 0.1) is 5.82 Å². The van der Waals surface area contributed by atoms with Crippen molar-refractivity contribution in [2.24, 2.45) is 0 Å². The van der Waals surface area contributed by atoms with E-state index in [1.807, 2.05) is 4.90 Å². The summed E-state index contributed by atoms with van der Waals surface area (Å²) in [6, 6.07) is 2.99. The van der Waals surface area contributed by atoms with Crippen LogP contribution in [0.2, 0.25) is 0 Å². The Morgan fingerprint density at radius 3 is 2.41 bits per heavy atom. The van der Waals surface area contributed by atoms with E-state index in [0.29, 0.717) is 26.2 Å². The fourth-order valence-corrected chi connectivity index (χ4v) is 2.62. The van der Waals surface area contributed by atoms with Crippen LogP contribution in [0.1, 0.15) is 24.4 Å². The Labute approximate surface area is 132 Å². The van der Waals surface area contributed by atoms with Crippen LogP contribution in [0.4, 0.5) is 17.6 Å². The van der Waals surface area contributed by atoms with Crippen LogP contribution in [0.5, 0.6) is 5.75 Å². The highest BCUT2D eigenvalue weighted by Crippen LogP contribution is 2.33. The number of phenolic OH excluding ortho intramolecular Hbond substituents is 1. The van der Waals surface area contributed by atoms with E-state index >= 15 is 0 Å². The molecular formula is C14H19ClF4N2O. The number of benzene rings is 1. The van der Waals surface area contributed by atoms with Crippen LogP contribution in [-0.2, 0) is 0 Å². The Bertz CT molecular complexity index is 478. The van der Waals surface area contributed by atoms with E-state index < -0.39 is 24.5 Å². The SMILES string of the molecule is Cl.Oc1ccc([C@@H](CCC(F)(F)F)N2CCNCC2)c(F)c1. The maximum Gasteiger partial charge on any atom is 0.389 e. The number of alkyl halides is 3. The largest absolute Gasteiger partial charge is 0.508 e. The summed E-state index contributed by atoms with van der Waals surface area (Å²) in [4.78, 5) is 1.86. The Morgan fingerprint density at radius 1 is 1.23 bits per heavy atom. The zero-order valence-electron chi connectivity index (χ0n) is 11.9. The number of nitrogens with zero attached hydrogens (tertiary/aromatic N) is 1. The van der Waals surface area contributed by atoms with Gasteiger partial charge in [-0.3, -0.25) is 4.90 Å². The molecule has 0 saturated carbocycles. The summed E-state index contributed by atoms with van der Waals surface area (Å²) in [6.45, 7) is 2.48. The first-order valence-electron chi connectivity index (χ1n) is 6.87. The van der Waals surface area contributed by atoms with Gasteiger partial charge in [-0.05, 0) is 12.5 Å². The molecule has 1 saturated heterocycles. The first-order valence-corrected chi connectivity index (χ1v) is 6.87. The van der Waals surface area contributed by atoms with E-state index in [9.17, 15) is 22.7 Å². The maximum absolute atomic E-state index is 14.0. The molecule has 2 rings (SSSR count). The molecule has 0 radical (unpaired) electrons. The predicted octanol–water partition coefficient (Wildman–Crippen LogP) is 3.24. The summed E-state index contributed by atoms with van der Waals surface area (Å²) in [7, 11) is 0. The number of halogens is 5. The molecule has 1 heterocycles. The topological polar surface area (TPSA) is 35.5 Å². The highest BCUT2D eigenvalue weighted by atomic mass is 35.5. The van der Waals surface area contributed by atoms with Gasteiger partial charge in [-0.1, -0.05) is 6.07 Å². The molecule has 3 nitrogen and oxygen atoms in total. The predicted molar refractivity (Wildman–Crippen MR) is 77.8 cm³/mol. The van der Waals surface area contributed by atoms with Crippen molar-refractivity contribution in [3.8, 4) is 5.75 Å². The number of hydrogen-bond donors (Lipinski definition) is 2. The van der Waals surface area contributed by atoms with Crippen molar-refractivity contribution in [1.82, 2.24) is 10.2 Å². The molecule has 0 aliphatic carbocycles. The van der Waals surface area contributed by atoms with Gasteiger partial charge >= 0.3 is 6.18 Å². The molecule has 8 heteroatoms. The molecule has 22 heavy (non-hydrogen) atoms. The number of piperazine rings is 1. The van der Waals surface area contributed by atoms with Crippen molar-refractivity contribution in [3.05, 3.63) is 29.6 Å². The van der Waals surface area contributed by atoms with Gasteiger partial charge in [0.2, 0.25) is 0 Å². The van der Waals surface area contributed by atoms with Gasteiger partial charge in [0.15, 0.2) is 0 Å². The fraction of sp³-hybridized carbons (Fsp3) is 0.571. The molecular weight excluding hydrogens is 324 g/mol. The number of aromatic hydroxyl groups is 1. The van der Waals surface area contributed by atoms with Crippen molar-refractivity contribution >= 4 is 12.4 Å². The lowest BCUT2D eigenvalue weighted by Crippen LogP contribution is -2.45. The van der Waals surface area contributed by atoms with Gasteiger partial charge in [-0.2, -0.15) is 13.2 Å². The Balaban J connectivity index is 0.00000242. The molecule has 1 aromatic carbocycles. The molecule has 0 amide bonds. The molecule has 1 aliphatic rings. The standard InChI is InChI=1S/C14H18F4N2O.ClH/c15-12-9-10(21)1-2-11(12)13(3-4-14(16,17)18)20-7-5-19-6-8-20;/h1-2,9,13,19,21H,3-8H2;1H/t13-;/m1./s1. The average Bonchev–Trinajstić information content (AvgIpc) is 2.41. The van der Waals surface area contributed by atoms with Gasteiger partial charge in [0, 0.05) is 50.3 Å². The Hall–Kier alpha value is -1.05. The molecule has 0 bridgehead atoms. The van der Waals surface area contributed by atoms with Gasteiger partial charge in [0.05, 0.1) is 0 Å². The molecule has 0 spiro atoms. The highest BCUT2D eigenvalue weighted by Gasteiger charge is 2.32. The molecule has 0 aromatic heterocycles. The molecule has 126 valence electrons. The number of nitrogens with one attached hydrogen (secondary N) is 1. The van der Waals surface area contributed by atoms with Crippen LogP contribution in [0.15, 0.2) is 18.2 Å². The van der Waals surface area contributed by atoms with Crippen molar-refractivity contribution in [2.45, 2.75) is 25.1 Å². The third kappa shape index (κ3) is 5.30. The molecule has 1 aromatic rings. The molecule has 1 fully saturated rings. The normalized spacial score (nSPS) is 17.8. The monoisotopic (exact) mass is 342 g/mol. The Kier molecular flexibility index (Phi) is 6.90. The van der Waals surface area contributed by atoms with Crippen LogP contribution in [-0.4, -0.2) is 42.4 Å². The summed E-state index contributed by atoms with van der Waals surface area (Å²) in [5.74, 6) is -0.896. The summed E-state index contributed by atoms with van der Waals surface area (Å²) in [5, 5.41) is 12.4. The van der Waals surface area contributed by atoms with Gasteiger partial charge in [0.1, 0.15) is 11.6 Å². The summed E-state index contributed by atoms with van der Waals surface area (Å²) in [6.07, 6.45) is -5.41. The molecule has 0 unspecified atom stereocenters. The van der Waals surface area contributed by atoms with E-state index in [1.54, 1.807) is 0 Å². The van der Waals surface area contributed by atoms with E-state index in [1.165, 1.54) is 12.1 Å². The average molecular weight is 343 g/mol. The van der Waals surface area contributed by atoms with Crippen LogP contribution in [0.3, 0.4) is 0 Å². The first kappa shape index (κ1) is 19.0. The molecule has 2 N–H and O–H groups in total. The fourth-order valence-electron chi connectivity index (χ4n) is 2.62. The number of rotatable bonds is 4. The minimum atomic E-state index is -4.26. The lowest BCUT2D eigenvalue weighted by atomic mass is 9.98. The third-order valence-electron chi connectivity index (χ3n) is 3.64. The third-order valence-corrected chi connectivity index (χ3v) is 3.64. The quantitative estimate of drug-likeness (QED) is 0.825. The van der Waals surface area contributed by atoms with Crippen LogP contribution < -0.4 is 5.32 Å². The second-order valence-corrected chi connectivity index (χ2v) is 5.16. The first-order chi connectivity index (χ1) is 9.87. The van der Waals surface area contributed by atoms with Gasteiger partial charge in [0.25, 0.3) is 0 Å². The van der Waals surface area contributed by atoms with Crippen molar-refractivity contribution in [1.29, 1.82) is 0 Å². The second-order valence-electron chi connectivity index (χ2n) is 5.16. The molecule has 1 atom stereocenters. The summed E-state index contributed by atoms with van der Waals surface area (Å²) >= 11 is 0. The number of hydrogen-bond acceptors (Lipinski definition) is 3. The van der Waals surface area contributed by atoms with E-state index in [-0.39, 0.29) is 30.1 Å². The highest BCUT2D eigenvalue weighted by molar-refractivity contribution is 5.85. The Morgan fingerprint density at radius 2 is 1.86 bits per heavy atom. The van der Waals surface area contributed by atoms with Gasteiger partial charge in [-0.15, -0.1) is 12.4 Å². The van der Waals surface area contributed by atoms with Crippen molar-refractivity contribution in [2.75, 3.05) is 26.2 Å². The lowest BCUT2D eigenvalue weighted by Gasteiger charge is -2.35. The maximum atomic E-state index is 14.0. The lowest BCUT2D eigenvalue weighted by molar-refractivity contribution is -0.138. The van der Waals surface area contributed by atoms with Crippen molar-refractivity contribution < 1.29 is 22.7 Å². The zero-order chi connectivity index (χ0) is 15.5. The zero-order valence-corrected chi connectivity index (χ0v) is 12.7. The van der Waals surface area contributed by atoms with E-state index in [2.05, 4.69) is 5.32 Å².